The Hall–Kier alpha value is -4.70. The fourth-order valence-corrected chi connectivity index (χ4v) is 5.03. The number of benzene rings is 2. The number of aromatic nitrogens is 4. The van der Waals surface area contributed by atoms with Crippen LogP contribution in [0.2, 0.25) is 0 Å². The second-order valence-electron chi connectivity index (χ2n) is 10.3. The van der Waals surface area contributed by atoms with Crippen molar-refractivity contribution in [3.05, 3.63) is 130 Å². The minimum Gasteiger partial charge on any atom is -0.261 e. The highest BCUT2D eigenvalue weighted by atomic mass is 15.0. The van der Waals surface area contributed by atoms with Crippen LogP contribution in [0.4, 0.5) is 0 Å². The molecule has 1 aliphatic rings. The molecule has 0 saturated heterocycles. The van der Waals surface area contributed by atoms with Crippen LogP contribution in [0.25, 0.3) is 46.3 Å². The zero-order valence-electron chi connectivity index (χ0n) is 24.4. The number of rotatable bonds is 7. The van der Waals surface area contributed by atoms with Gasteiger partial charge in [0, 0.05) is 28.6 Å². The molecule has 0 atom stereocenters. The van der Waals surface area contributed by atoms with Crippen molar-refractivity contribution in [1.82, 2.24) is 19.9 Å². The summed E-state index contributed by atoms with van der Waals surface area (Å²) in [6.07, 6.45) is 15.6. The molecule has 2 aromatic carbocycles. The monoisotopic (exact) mass is 536 g/mol. The molecule has 2 aromatic heterocycles. The number of allylic oxidation sites excluding steroid dienone is 8. The van der Waals surface area contributed by atoms with Gasteiger partial charge in [-0.3, -0.25) is 4.98 Å². The van der Waals surface area contributed by atoms with E-state index >= 15 is 0 Å². The van der Waals surface area contributed by atoms with Crippen molar-refractivity contribution in [2.45, 2.75) is 47.0 Å². The predicted molar refractivity (Wildman–Crippen MR) is 172 cm³/mol. The standard InChI is InChI=1S/C37H36N4/c1-6-8-13-29-16-21-33(23-26(29)4)37-40-35(28(7-2)24-32-14-10-9-12-25(32)3)39-36(41-37)31-19-17-30(18-20-31)34-15-11-22-38-27(34)5/h7-15,17-20,22-24H,3,6,16,21H2,1-2,4-5H3/b13-8-,28-7+,32-24-. The lowest BCUT2D eigenvalue weighted by molar-refractivity contribution is 0.932. The molecule has 0 radical (unpaired) electrons. The molecule has 204 valence electrons. The number of hydrogen-bond donors (Lipinski definition) is 0. The normalized spacial score (nSPS) is 14.6. The first-order valence-electron chi connectivity index (χ1n) is 14.2. The van der Waals surface area contributed by atoms with E-state index in [-0.39, 0.29) is 0 Å². The molecule has 0 saturated carbocycles. The fraction of sp³-hybridized carbons (Fsp3) is 0.189. The summed E-state index contributed by atoms with van der Waals surface area (Å²) in [6.45, 7) is 12.6. The van der Waals surface area contributed by atoms with E-state index in [1.54, 1.807) is 0 Å². The summed E-state index contributed by atoms with van der Waals surface area (Å²) in [5.74, 6) is 2.04. The van der Waals surface area contributed by atoms with Crippen LogP contribution >= 0.6 is 0 Å². The molecule has 5 rings (SSSR count). The van der Waals surface area contributed by atoms with Gasteiger partial charge >= 0.3 is 0 Å². The minimum atomic E-state index is 0.655. The molecular weight excluding hydrogens is 500 g/mol. The molecule has 0 N–H and O–H groups in total. The first-order chi connectivity index (χ1) is 20.0. The first-order valence-corrected chi connectivity index (χ1v) is 14.2. The second-order valence-corrected chi connectivity index (χ2v) is 10.3. The second kappa shape index (κ2) is 12.6. The Kier molecular flexibility index (Phi) is 8.59. The van der Waals surface area contributed by atoms with Gasteiger partial charge in [-0.2, -0.15) is 0 Å². The van der Waals surface area contributed by atoms with E-state index in [1.165, 1.54) is 11.1 Å². The van der Waals surface area contributed by atoms with E-state index in [2.05, 4.69) is 92.2 Å². The highest BCUT2D eigenvalue weighted by Gasteiger charge is 2.17. The van der Waals surface area contributed by atoms with E-state index in [1.807, 2.05) is 44.3 Å². The van der Waals surface area contributed by atoms with Crippen molar-refractivity contribution in [2.75, 3.05) is 0 Å². The van der Waals surface area contributed by atoms with Crippen LogP contribution in [0.15, 0.2) is 102 Å². The summed E-state index contributed by atoms with van der Waals surface area (Å²) >= 11 is 0. The molecule has 4 nitrogen and oxygen atoms in total. The van der Waals surface area contributed by atoms with Gasteiger partial charge < -0.3 is 0 Å². The predicted octanol–water partition coefficient (Wildman–Crippen LogP) is 7.66. The summed E-state index contributed by atoms with van der Waals surface area (Å²) < 4.78 is 0. The molecule has 1 aliphatic carbocycles. The summed E-state index contributed by atoms with van der Waals surface area (Å²) in [7, 11) is 0. The topological polar surface area (TPSA) is 51.6 Å². The Labute approximate surface area is 243 Å². The average molecular weight is 537 g/mol. The maximum absolute atomic E-state index is 5.02. The summed E-state index contributed by atoms with van der Waals surface area (Å²) in [5.41, 5.74) is 8.90. The third kappa shape index (κ3) is 6.38. The quantitative estimate of drug-likeness (QED) is 0.243. The van der Waals surface area contributed by atoms with E-state index in [0.29, 0.717) is 11.6 Å². The number of hydrogen-bond acceptors (Lipinski definition) is 4. The molecule has 4 heteroatoms. The van der Waals surface area contributed by atoms with Crippen LogP contribution in [0.1, 0.15) is 57.4 Å². The lowest BCUT2D eigenvalue weighted by Gasteiger charge is -2.17. The Morgan fingerprint density at radius 3 is 2.34 bits per heavy atom. The van der Waals surface area contributed by atoms with Gasteiger partial charge in [0.15, 0.2) is 17.5 Å². The molecule has 41 heavy (non-hydrogen) atoms. The van der Waals surface area contributed by atoms with Gasteiger partial charge in [-0.15, -0.1) is 0 Å². The highest BCUT2D eigenvalue weighted by Crippen LogP contribution is 2.32. The number of nitrogens with zero attached hydrogens (tertiary/aromatic N) is 4. The van der Waals surface area contributed by atoms with Crippen LogP contribution in [0.5, 0.6) is 0 Å². The van der Waals surface area contributed by atoms with E-state index in [4.69, 9.17) is 15.0 Å². The van der Waals surface area contributed by atoms with Crippen molar-refractivity contribution in [3.8, 4) is 22.5 Å². The molecule has 0 bridgehead atoms. The van der Waals surface area contributed by atoms with Gasteiger partial charge in [-0.05, 0) is 84.9 Å². The molecule has 0 amide bonds. The maximum Gasteiger partial charge on any atom is 0.164 e. The van der Waals surface area contributed by atoms with Crippen LogP contribution < -0.4 is 10.4 Å². The van der Waals surface area contributed by atoms with Crippen molar-refractivity contribution in [3.63, 3.8) is 0 Å². The molecule has 4 aromatic rings. The molecular formula is C37H36N4. The molecule has 0 spiro atoms. The van der Waals surface area contributed by atoms with Gasteiger partial charge in [0.05, 0.1) is 0 Å². The van der Waals surface area contributed by atoms with E-state index in [9.17, 15) is 0 Å². The van der Waals surface area contributed by atoms with Crippen LogP contribution in [0, 0.1) is 6.92 Å². The van der Waals surface area contributed by atoms with Gasteiger partial charge in [-0.1, -0.05) is 92.4 Å². The average Bonchev–Trinajstić information content (AvgIpc) is 3.00. The molecule has 0 unspecified atom stereocenters. The third-order valence-corrected chi connectivity index (χ3v) is 7.43. The van der Waals surface area contributed by atoms with Crippen molar-refractivity contribution in [2.24, 2.45) is 0 Å². The van der Waals surface area contributed by atoms with Crippen molar-refractivity contribution in [1.29, 1.82) is 0 Å². The van der Waals surface area contributed by atoms with Crippen molar-refractivity contribution >= 4 is 23.8 Å². The third-order valence-electron chi connectivity index (χ3n) is 7.43. The number of aryl methyl sites for hydroxylation is 1. The molecule has 0 fully saturated rings. The lowest BCUT2D eigenvalue weighted by atomic mass is 9.92. The molecule has 0 aliphatic heterocycles. The van der Waals surface area contributed by atoms with Gasteiger partial charge in [-0.25, -0.2) is 15.0 Å². The zero-order valence-corrected chi connectivity index (χ0v) is 24.4. The fourth-order valence-electron chi connectivity index (χ4n) is 5.03. The van der Waals surface area contributed by atoms with Crippen molar-refractivity contribution < 1.29 is 0 Å². The first kappa shape index (κ1) is 27.9. The largest absolute Gasteiger partial charge is 0.261 e. The zero-order chi connectivity index (χ0) is 28.8. The molecule has 2 heterocycles. The van der Waals surface area contributed by atoms with Crippen LogP contribution in [0.3, 0.4) is 0 Å². The Morgan fingerprint density at radius 1 is 0.878 bits per heavy atom. The highest BCUT2D eigenvalue weighted by molar-refractivity contribution is 5.86. The smallest absolute Gasteiger partial charge is 0.164 e. The Bertz CT molecular complexity index is 1800. The van der Waals surface area contributed by atoms with Gasteiger partial charge in [0.2, 0.25) is 0 Å². The maximum atomic E-state index is 5.02. The van der Waals surface area contributed by atoms with Crippen LogP contribution in [-0.2, 0) is 0 Å². The van der Waals surface area contributed by atoms with Gasteiger partial charge in [0.25, 0.3) is 0 Å². The SMILES string of the molecule is C=c1cccc/c1=C/C(=C\C)c1nc(C2=CC(C)=C(/C=C\CC)CC2)nc(-c2ccc(-c3cccnc3C)cc2)n1. The van der Waals surface area contributed by atoms with E-state index < -0.39 is 0 Å². The van der Waals surface area contributed by atoms with Gasteiger partial charge in [0.1, 0.15) is 0 Å². The lowest BCUT2D eigenvalue weighted by Crippen LogP contribution is -2.22. The summed E-state index contributed by atoms with van der Waals surface area (Å²) in [5, 5.41) is 2.01. The summed E-state index contributed by atoms with van der Waals surface area (Å²) in [6, 6.07) is 20.6. The van der Waals surface area contributed by atoms with Crippen LogP contribution in [-0.4, -0.2) is 19.9 Å². The number of pyridine rings is 1. The Balaban J connectivity index is 1.62. The summed E-state index contributed by atoms with van der Waals surface area (Å²) in [4.78, 5) is 19.5. The Morgan fingerprint density at radius 2 is 1.63 bits per heavy atom. The minimum absolute atomic E-state index is 0.655. The van der Waals surface area contributed by atoms with E-state index in [0.717, 1.165) is 69.1 Å².